The van der Waals surface area contributed by atoms with E-state index in [0.29, 0.717) is 24.8 Å². The van der Waals surface area contributed by atoms with Gasteiger partial charge in [-0.3, -0.25) is 38.4 Å². The van der Waals surface area contributed by atoms with Crippen molar-refractivity contribution in [2.75, 3.05) is 18.1 Å². The normalized spacial score (nSPS) is 21.4. The molecule has 1 aliphatic carbocycles. The van der Waals surface area contributed by atoms with E-state index in [1.807, 2.05) is 84.9 Å². The Labute approximate surface area is 478 Å². The molecule has 15 N–H and O–H groups in total. The highest BCUT2D eigenvalue weighted by atomic mass is 33.1. The third-order valence-electron chi connectivity index (χ3n) is 14.4. The maximum Gasteiger partial charge on any atom is 0.244 e. The van der Waals surface area contributed by atoms with Gasteiger partial charge in [0.2, 0.25) is 47.3 Å². The van der Waals surface area contributed by atoms with Crippen LogP contribution in [0, 0.1) is 5.92 Å². The summed E-state index contributed by atoms with van der Waals surface area (Å²) in [7, 11) is 2.04. The molecular formula is C59H72N10O10S2. The van der Waals surface area contributed by atoms with Crippen molar-refractivity contribution in [1.29, 1.82) is 0 Å². The molecule has 1 saturated heterocycles. The fraction of sp³-hybridized carbons (Fsp3) is 0.390. The van der Waals surface area contributed by atoms with Crippen molar-refractivity contribution in [3.05, 3.63) is 137 Å². The van der Waals surface area contributed by atoms with Gasteiger partial charge < -0.3 is 64.6 Å². The number of carbonyl (C=O) groups is 8. The first kappa shape index (κ1) is 61.1. The number of aromatic hydroxyl groups is 1. The number of benzene rings is 5. The number of hydrogen-bond donors (Lipinski definition) is 12. The van der Waals surface area contributed by atoms with Gasteiger partial charge in [-0.05, 0) is 113 Å². The number of aliphatic hydroxyl groups is 1. The van der Waals surface area contributed by atoms with Gasteiger partial charge in [0, 0.05) is 24.3 Å². The van der Waals surface area contributed by atoms with Crippen molar-refractivity contribution in [3.63, 3.8) is 0 Å². The second kappa shape index (κ2) is 28.8. The SMILES string of the molecule is CC(C)[C@@H]1NC(=O)[C@H](CCCCN)NC(=O)[C@@H](Cc2cccc3c2Cc2ccccc2-3)NC(=O)[C@H](Cc2ccc(O)cc2)NC(=O)[C@@H](NC(=O)[C@H](N)Cc2ccc3ccccc3c2)CSSCC(C(=O)N[C@H](C(N)=O)C(C)O)NC1=O. The molecule has 0 bridgehead atoms. The van der Waals surface area contributed by atoms with E-state index in [1.54, 1.807) is 26.0 Å². The summed E-state index contributed by atoms with van der Waals surface area (Å²) in [5.41, 5.74) is 24.0. The van der Waals surface area contributed by atoms with E-state index in [9.17, 15) is 39.0 Å². The minimum absolute atomic E-state index is 0.0465. The number of amides is 8. The first-order valence-electron chi connectivity index (χ1n) is 27.0. The third kappa shape index (κ3) is 16.6. The molecule has 5 aromatic rings. The van der Waals surface area contributed by atoms with Crippen LogP contribution >= 0.6 is 21.6 Å². The molecule has 0 saturated carbocycles. The number of hydrogen-bond acceptors (Lipinski definition) is 14. The van der Waals surface area contributed by atoms with Crippen molar-refractivity contribution in [2.24, 2.45) is 23.1 Å². The van der Waals surface area contributed by atoms with Crippen LogP contribution in [-0.2, 0) is 64.0 Å². The molecule has 5 aromatic carbocycles. The van der Waals surface area contributed by atoms with Gasteiger partial charge in [0.05, 0.1) is 12.1 Å². The minimum Gasteiger partial charge on any atom is -0.508 e. The smallest absolute Gasteiger partial charge is 0.244 e. The number of nitrogens with one attached hydrogen (secondary N) is 7. The lowest BCUT2D eigenvalue weighted by Crippen LogP contribution is -2.62. The van der Waals surface area contributed by atoms with Gasteiger partial charge in [-0.2, -0.15) is 0 Å². The average molecular weight is 1150 g/mol. The summed E-state index contributed by atoms with van der Waals surface area (Å²) in [5.74, 6) is -7.60. The largest absolute Gasteiger partial charge is 0.508 e. The monoisotopic (exact) mass is 1140 g/mol. The Morgan fingerprint density at radius 1 is 0.679 bits per heavy atom. The van der Waals surface area contributed by atoms with Crippen LogP contribution in [0.15, 0.2) is 109 Å². The predicted octanol–water partition coefficient (Wildman–Crippen LogP) is 1.91. The van der Waals surface area contributed by atoms with Crippen molar-refractivity contribution >= 4 is 79.6 Å². The van der Waals surface area contributed by atoms with Crippen LogP contribution in [0.25, 0.3) is 21.9 Å². The highest BCUT2D eigenvalue weighted by Crippen LogP contribution is 2.38. The van der Waals surface area contributed by atoms with Crippen LogP contribution in [-0.4, -0.2) is 130 Å². The Balaban J connectivity index is 1.27. The van der Waals surface area contributed by atoms with Gasteiger partial charge in [-0.25, -0.2) is 0 Å². The number of phenolic OH excluding ortho intramolecular Hbond substituents is 1. The van der Waals surface area contributed by atoms with E-state index in [1.165, 1.54) is 19.1 Å². The highest BCUT2D eigenvalue weighted by Gasteiger charge is 2.37. The maximum atomic E-state index is 15.1. The molecule has 0 aromatic heterocycles. The maximum absolute atomic E-state index is 15.1. The molecule has 81 heavy (non-hydrogen) atoms. The van der Waals surface area contributed by atoms with E-state index in [2.05, 4.69) is 37.2 Å². The Kier molecular flexibility index (Phi) is 21.7. The van der Waals surface area contributed by atoms with E-state index >= 15 is 9.59 Å². The van der Waals surface area contributed by atoms with Gasteiger partial charge in [0.15, 0.2) is 0 Å². The summed E-state index contributed by atoms with van der Waals surface area (Å²) < 4.78 is 0. The van der Waals surface area contributed by atoms with Crippen molar-refractivity contribution in [3.8, 4) is 16.9 Å². The molecule has 20 nitrogen and oxygen atoms in total. The molecule has 8 amide bonds. The van der Waals surface area contributed by atoms with Gasteiger partial charge in [-0.15, -0.1) is 0 Å². The summed E-state index contributed by atoms with van der Waals surface area (Å²) in [5, 5.41) is 41.7. The zero-order valence-electron chi connectivity index (χ0n) is 45.4. The first-order valence-corrected chi connectivity index (χ1v) is 29.5. The van der Waals surface area contributed by atoms with E-state index in [0.717, 1.165) is 65.7 Å². The second-order valence-electron chi connectivity index (χ2n) is 20.9. The van der Waals surface area contributed by atoms with Gasteiger partial charge in [0.25, 0.3) is 0 Å². The highest BCUT2D eigenvalue weighted by molar-refractivity contribution is 8.76. The molecule has 1 fully saturated rings. The Morgan fingerprint density at radius 2 is 1.31 bits per heavy atom. The summed E-state index contributed by atoms with van der Waals surface area (Å²) in [6.07, 6.45) is -0.0528. The zero-order valence-corrected chi connectivity index (χ0v) is 47.1. The van der Waals surface area contributed by atoms with Gasteiger partial charge in [0.1, 0.15) is 48.0 Å². The fourth-order valence-electron chi connectivity index (χ4n) is 9.82. The van der Waals surface area contributed by atoms with E-state index < -0.39 is 108 Å². The van der Waals surface area contributed by atoms with Crippen LogP contribution in [0.1, 0.15) is 67.9 Å². The topological polar surface area (TPSA) is 339 Å². The minimum atomic E-state index is -1.55. The van der Waals surface area contributed by atoms with Crippen LogP contribution < -0.4 is 54.4 Å². The van der Waals surface area contributed by atoms with Crippen LogP contribution in [0.5, 0.6) is 5.75 Å². The van der Waals surface area contributed by atoms with Crippen molar-refractivity contribution in [1.82, 2.24) is 37.2 Å². The third-order valence-corrected chi connectivity index (χ3v) is 16.8. The summed E-state index contributed by atoms with van der Waals surface area (Å²) >= 11 is 0. The number of carbonyl (C=O) groups excluding carboxylic acids is 8. The lowest BCUT2D eigenvalue weighted by atomic mass is 9.95. The van der Waals surface area contributed by atoms with Gasteiger partial charge >= 0.3 is 0 Å². The summed E-state index contributed by atoms with van der Waals surface area (Å²) in [6, 6.07) is 22.2. The average Bonchev–Trinajstić information content (AvgIpc) is 4.12. The van der Waals surface area contributed by atoms with Crippen LogP contribution in [0.3, 0.4) is 0 Å². The summed E-state index contributed by atoms with van der Waals surface area (Å²) in [4.78, 5) is 114. The lowest BCUT2D eigenvalue weighted by Gasteiger charge is -2.30. The van der Waals surface area contributed by atoms with Crippen molar-refractivity contribution in [2.45, 2.75) is 120 Å². The molecule has 7 rings (SSSR count). The molecule has 2 aliphatic rings. The standard InChI is InChI=1S/C59H72N10O10S2/c1-32(2)50-59(79)67-49(58(78)69-51(33(3)70)52(62)72)31-81-80-30-48(66-53(73)44(61)26-35-18-21-36-11-4-5-12-37(36)25-35)57(77)64-46(27-34-19-22-40(71)23-20-34)55(75)65-47(56(76)63-45(54(74)68-50)17-8-9-24-60)29-39-14-10-16-42-41-15-7-6-13-38(41)28-43(39)42/h4-7,10-16,18-23,25,32-33,44-51,70-71H,8-9,17,24,26-31,60-61H2,1-3H3,(H2,62,72)(H,63,76)(H,64,77)(H,65,75)(H,66,73)(H,67,79)(H,68,74)(H,69,78)/t33?,44-,45+,46+,47-,48+,49?,50+,51+/m1/s1. The molecule has 2 unspecified atom stereocenters. The Hall–Kier alpha value is -7.50. The number of nitrogens with two attached hydrogens (primary N) is 3. The quantitative estimate of drug-likeness (QED) is 0.0459. The van der Waals surface area contributed by atoms with E-state index in [-0.39, 0.29) is 49.5 Å². The van der Waals surface area contributed by atoms with Gasteiger partial charge in [-0.1, -0.05) is 132 Å². The van der Waals surface area contributed by atoms with Crippen molar-refractivity contribution < 1.29 is 48.6 Å². The zero-order chi connectivity index (χ0) is 58.3. The van der Waals surface area contributed by atoms with Crippen LogP contribution in [0.4, 0.5) is 0 Å². The lowest BCUT2D eigenvalue weighted by molar-refractivity contribution is -0.136. The number of rotatable bonds is 17. The molecule has 1 aliphatic heterocycles. The number of primary amides is 1. The Bertz CT molecular complexity index is 3090. The molecule has 9 atom stereocenters. The molecule has 0 spiro atoms. The second-order valence-corrected chi connectivity index (χ2v) is 23.4. The molecule has 22 heteroatoms. The number of unbranched alkanes of at least 4 members (excludes halogenated alkanes) is 1. The first-order chi connectivity index (χ1) is 38.8. The molecular weight excluding hydrogens is 1070 g/mol. The van der Waals surface area contributed by atoms with E-state index in [4.69, 9.17) is 17.2 Å². The van der Waals surface area contributed by atoms with Crippen LogP contribution in [0.2, 0.25) is 0 Å². The Morgan fingerprint density at radius 3 is 2.01 bits per heavy atom. The number of fused-ring (bicyclic) bond motifs is 4. The number of aliphatic hydroxyl groups excluding tert-OH is 1. The predicted molar refractivity (Wildman–Crippen MR) is 313 cm³/mol. The molecule has 1 heterocycles. The molecule has 430 valence electrons. The number of phenols is 1. The summed E-state index contributed by atoms with van der Waals surface area (Å²) in [6.45, 7) is 4.87. The molecule has 0 radical (unpaired) electrons. The fourth-order valence-corrected chi connectivity index (χ4v) is 12.2.